The maximum atomic E-state index is 8.64. The summed E-state index contributed by atoms with van der Waals surface area (Å²) in [5.41, 5.74) is 0. The minimum Gasteiger partial charge on any atom is -0.396 e. The van der Waals surface area contributed by atoms with Crippen molar-refractivity contribution in [3.05, 3.63) is 0 Å². The van der Waals surface area contributed by atoms with Gasteiger partial charge in [0.25, 0.3) is 0 Å². The second-order valence-electron chi connectivity index (χ2n) is 4.47. The van der Waals surface area contributed by atoms with Crippen molar-refractivity contribution in [1.82, 2.24) is 10.6 Å². The molecule has 0 aromatic rings. The van der Waals surface area contributed by atoms with Crippen LogP contribution in [0.1, 0.15) is 44.9 Å². The lowest BCUT2D eigenvalue weighted by Crippen LogP contribution is -2.30. The topological polar surface area (TPSA) is 44.3 Å². The van der Waals surface area contributed by atoms with Gasteiger partial charge in [0.1, 0.15) is 0 Å². The molecule has 3 nitrogen and oxygen atoms in total. The molecule has 1 aliphatic heterocycles. The van der Waals surface area contributed by atoms with E-state index < -0.39 is 0 Å². The third kappa shape index (κ3) is 6.88. The Bertz CT molecular complexity index is 134. The van der Waals surface area contributed by atoms with Gasteiger partial charge in [0.2, 0.25) is 0 Å². The number of hydrogen-bond donors (Lipinski definition) is 3. The smallest absolute Gasteiger partial charge is 0.0431 e. The molecule has 1 unspecified atom stereocenters. The van der Waals surface area contributed by atoms with E-state index in [2.05, 4.69) is 10.6 Å². The zero-order chi connectivity index (χ0) is 10.8. The first-order valence-corrected chi connectivity index (χ1v) is 6.48. The number of aliphatic hydroxyl groups excluding tert-OH is 1. The monoisotopic (exact) mass is 214 g/mol. The molecule has 0 aromatic heterocycles. The average Bonchev–Trinajstić information content (AvgIpc) is 2.52. The molecule has 0 aliphatic carbocycles. The van der Waals surface area contributed by atoms with Crippen molar-refractivity contribution in [1.29, 1.82) is 0 Å². The predicted octanol–water partition coefficient (Wildman–Crippen LogP) is 1.27. The molecule has 0 bridgehead atoms. The molecule has 1 aliphatic rings. The first-order chi connectivity index (χ1) is 7.43. The zero-order valence-electron chi connectivity index (χ0n) is 9.80. The van der Waals surface area contributed by atoms with Gasteiger partial charge in [-0.15, -0.1) is 0 Å². The molecule has 1 atom stereocenters. The van der Waals surface area contributed by atoms with Crippen molar-refractivity contribution in [2.45, 2.75) is 51.0 Å². The maximum absolute atomic E-state index is 8.64. The van der Waals surface area contributed by atoms with Crippen LogP contribution in [-0.2, 0) is 0 Å². The highest BCUT2D eigenvalue weighted by Crippen LogP contribution is 2.05. The first-order valence-electron chi connectivity index (χ1n) is 6.48. The molecule has 1 saturated heterocycles. The summed E-state index contributed by atoms with van der Waals surface area (Å²) in [6, 6.07) is 0.734. The Hall–Kier alpha value is -0.120. The van der Waals surface area contributed by atoms with Gasteiger partial charge in [-0.3, -0.25) is 0 Å². The minimum atomic E-state index is 0.349. The Morgan fingerprint density at radius 3 is 2.80 bits per heavy atom. The molecule has 1 rings (SSSR count). The van der Waals surface area contributed by atoms with Gasteiger partial charge in [-0.05, 0) is 51.7 Å². The Labute approximate surface area is 93.6 Å². The van der Waals surface area contributed by atoms with E-state index in [-0.39, 0.29) is 0 Å². The van der Waals surface area contributed by atoms with Crippen LogP contribution in [0.25, 0.3) is 0 Å². The predicted molar refractivity (Wildman–Crippen MR) is 64.1 cm³/mol. The Kier molecular flexibility index (Phi) is 7.88. The van der Waals surface area contributed by atoms with Gasteiger partial charge in [-0.2, -0.15) is 0 Å². The Morgan fingerprint density at radius 1 is 1.07 bits per heavy atom. The van der Waals surface area contributed by atoms with Crippen LogP contribution in [0.15, 0.2) is 0 Å². The van der Waals surface area contributed by atoms with E-state index in [1.54, 1.807) is 0 Å². The molecule has 0 spiro atoms. The second kappa shape index (κ2) is 9.13. The second-order valence-corrected chi connectivity index (χ2v) is 4.47. The SMILES string of the molecule is OCCCCCCNC1CCCNCC1. The lowest BCUT2D eigenvalue weighted by Gasteiger charge is -2.15. The van der Waals surface area contributed by atoms with Gasteiger partial charge in [0.05, 0.1) is 0 Å². The molecule has 0 saturated carbocycles. The molecule has 0 radical (unpaired) electrons. The van der Waals surface area contributed by atoms with Crippen molar-refractivity contribution < 1.29 is 5.11 Å². The van der Waals surface area contributed by atoms with Crippen molar-refractivity contribution in [2.24, 2.45) is 0 Å². The molecule has 0 amide bonds. The average molecular weight is 214 g/mol. The minimum absolute atomic E-state index is 0.349. The van der Waals surface area contributed by atoms with Crippen LogP contribution in [0.5, 0.6) is 0 Å². The number of nitrogens with one attached hydrogen (secondary N) is 2. The Balaban J connectivity index is 1.89. The molecule has 1 heterocycles. The summed E-state index contributed by atoms with van der Waals surface area (Å²) in [6.45, 7) is 3.86. The van der Waals surface area contributed by atoms with Gasteiger partial charge in [-0.1, -0.05) is 12.8 Å². The van der Waals surface area contributed by atoms with Gasteiger partial charge in [-0.25, -0.2) is 0 Å². The lowest BCUT2D eigenvalue weighted by molar-refractivity contribution is 0.282. The molecular weight excluding hydrogens is 188 g/mol. The number of rotatable bonds is 7. The third-order valence-electron chi connectivity index (χ3n) is 3.09. The third-order valence-corrected chi connectivity index (χ3v) is 3.09. The van der Waals surface area contributed by atoms with E-state index in [0.29, 0.717) is 6.61 Å². The Morgan fingerprint density at radius 2 is 1.93 bits per heavy atom. The molecule has 1 fully saturated rings. The quantitative estimate of drug-likeness (QED) is 0.559. The van der Waals surface area contributed by atoms with Gasteiger partial charge in [0, 0.05) is 12.6 Å². The van der Waals surface area contributed by atoms with Crippen molar-refractivity contribution in [2.75, 3.05) is 26.2 Å². The summed E-state index contributed by atoms with van der Waals surface area (Å²) in [4.78, 5) is 0. The summed E-state index contributed by atoms with van der Waals surface area (Å²) < 4.78 is 0. The fraction of sp³-hybridized carbons (Fsp3) is 1.00. The van der Waals surface area contributed by atoms with E-state index >= 15 is 0 Å². The van der Waals surface area contributed by atoms with Crippen LogP contribution in [-0.4, -0.2) is 37.4 Å². The maximum Gasteiger partial charge on any atom is 0.0431 e. The standard InChI is InChI=1S/C12H26N2O/c15-11-4-2-1-3-9-14-12-6-5-8-13-10-7-12/h12-15H,1-11H2. The summed E-state index contributed by atoms with van der Waals surface area (Å²) >= 11 is 0. The van der Waals surface area contributed by atoms with Gasteiger partial charge in [0.15, 0.2) is 0 Å². The van der Waals surface area contributed by atoms with Crippen LogP contribution in [0.2, 0.25) is 0 Å². The highest BCUT2D eigenvalue weighted by atomic mass is 16.2. The van der Waals surface area contributed by atoms with Crippen molar-refractivity contribution in [3.8, 4) is 0 Å². The summed E-state index contributed by atoms with van der Waals surface area (Å²) in [6.07, 6.45) is 8.54. The fourth-order valence-corrected chi connectivity index (χ4v) is 2.12. The van der Waals surface area contributed by atoms with E-state index in [4.69, 9.17) is 5.11 Å². The van der Waals surface area contributed by atoms with Crippen LogP contribution in [0.3, 0.4) is 0 Å². The highest BCUT2D eigenvalue weighted by molar-refractivity contribution is 4.72. The van der Waals surface area contributed by atoms with Gasteiger partial charge >= 0.3 is 0 Å². The molecule has 15 heavy (non-hydrogen) atoms. The van der Waals surface area contributed by atoms with Crippen LogP contribution in [0, 0.1) is 0 Å². The van der Waals surface area contributed by atoms with Crippen LogP contribution >= 0.6 is 0 Å². The summed E-state index contributed by atoms with van der Waals surface area (Å²) in [5.74, 6) is 0. The largest absolute Gasteiger partial charge is 0.396 e. The lowest BCUT2D eigenvalue weighted by atomic mass is 10.1. The van der Waals surface area contributed by atoms with E-state index in [0.717, 1.165) is 19.0 Å². The number of aliphatic hydroxyl groups is 1. The molecule has 0 aromatic carbocycles. The zero-order valence-corrected chi connectivity index (χ0v) is 9.80. The molecule has 90 valence electrons. The summed E-state index contributed by atoms with van der Waals surface area (Å²) in [7, 11) is 0. The van der Waals surface area contributed by atoms with Crippen molar-refractivity contribution in [3.63, 3.8) is 0 Å². The number of unbranched alkanes of at least 4 members (excludes halogenated alkanes) is 3. The van der Waals surface area contributed by atoms with Crippen molar-refractivity contribution >= 4 is 0 Å². The normalized spacial score (nSPS) is 22.6. The number of hydrogen-bond acceptors (Lipinski definition) is 3. The fourth-order valence-electron chi connectivity index (χ4n) is 2.12. The van der Waals surface area contributed by atoms with Crippen LogP contribution in [0.4, 0.5) is 0 Å². The van der Waals surface area contributed by atoms with Crippen LogP contribution < -0.4 is 10.6 Å². The molecule has 3 N–H and O–H groups in total. The van der Waals surface area contributed by atoms with E-state index in [1.807, 2.05) is 0 Å². The highest BCUT2D eigenvalue weighted by Gasteiger charge is 2.09. The van der Waals surface area contributed by atoms with E-state index in [1.165, 1.54) is 51.6 Å². The van der Waals surface area contributed by atoms with E-state index in [9.17, 15) is 0 Å². The van der Waals surface area contributed by atoms with Gasteiger partial charge < -0.3 is 15.7 Å². The molecular formula is C12H26N2O. The first kappa shape index (κ1) is 12.9. The summed E-state index contributed by atoms with van der Waals surface area (Å²) in [5, 5.41) is 15.7. The molecule has 3 heteroatoms.